The number of benzene rings is 7. The lowest BCUT2D eigenvalue weighted by Gasteiger charge is -2.13. The number of pyridine rings is 1. The van der Waals surface area contributed by atoms with Crippen LogP contribution in [-0.4, -0.2) is 24.5 Å². The van der Waals surface area contributed by atoms with Crippen LogP contribution in [-0.2, 0) is 0 Å². The SMILES string of the molecule is c1cc(-c2nc(-c3cc4ccccc4c4ccccc34)nc(-c3cccc4oc5cnccc5c34)n2)cc(-n2c3ccccc3c3ccccc32)c1. The highest BCUT2D eigenvalue weighted by Crippen LogP contribution is 2.39. The zero-order chi connectivity index (χ0) is 34.2. The largest absolute Gasteiger partial charge is 0.454 e. The van der Waals surface area contributed by atoms with Crippen LogP contribution in [0.4, 0.5) is 0 Å². The summed E-state index contributed by atoms with van der Waals surface area (Å²) in [6.45, 7) is 0. The van der Waals surface area contributed by atoms with Gasteiger partial charge in [0.2, 0.25) is 0 Å². The van der Waals surface area contributed by atoms with Gasteiger partial charge in [0.05, 0.1) is 17.2 Å². The van der Waals surface area contributed by atoms with Gasteiger partial charge in [0.1, 0.15) is 5.58 Å². The van der Waals surface area contributed by atoms with Crippen LogP contribution in [0.15, 0.2) is 168 Å². The lowest BCUT2D eigenvalue weighted by molar-refractivity contribution is 0.667. The summed E-state index contributed by atoms with van der Waals surface area (Å²) in [7, 11) is 0. The van der Waals surface area contributed by atoms with Crippen molar-refractivity contribution in [3.05, 3.63) is 164 Å². The minimum Gasteiger partial charge on any atom is -0.454 e. The number of fused-ring (bicyclic) bond motifs is 9. The minimum atomic E-state index is 0.574. The number of aromatic nitrogens is 5. The lowest BCUT2D eigenvalue weighted by Crippen LogP contribution is -2.02. The standard InChI is InChI=1S/C46H27N5O/c1-2-14-31-28(11-1)26-38(33-16-4-3-15-32(31)33)46-49-44(48-45(50-46)37-19-10-22-41-43(37)36-23-24-47-27-42(36)52-41)29-12-9-13-30(25-29)51-39-20-7-5-17-34(39)35-18-6-8-21-40(35)51/h1-27H. The number of hydrogen-bond acceptors (Lipinski definition) is 5. The molecule has 52 heavy (non-hydrogen) atoms. The lowest BCUT2D eigenvalue weighted by atomic mass is 9.96. The fraction of sp³-hybridized carbons (Fsp3) is 0. The van der Waals surface area contributed by atoms with Crippen LogP contribution in [0.1, 0.15) is 0 Å². The van der Waals surface area contributed by atoms with Crippen molar-refractivity contribution in [3.63, 3.8) is 0 Å². The predicted octanol–water partition coefficient (Wildman–Crippen LogP) is 11.6. The molecule has 0 N–H and O–H groups in total. The van der Waals surface area contributed by atoms with Gasteiger partial charge in [-0.25, -0.2) is 15.0 Å². The van der Waals surface area contributed by atoms with E-state index < -0.39 is 0 Å². The highest BCUT2D eigenvalue weighted by molar-refractivity contribution is 6.14. The Balaban J connectivity index is 1.19. The summed E-state index contributed by atoms with van der Waals surface area (Å²) < 4.78 is 8.56. The summed E-state index contributed by atoms with van der Waals surface area (Å²) >= 11 is 0. The Morgan fingerprint density at radius 2 is 1.10 bits per heavy atom. The van der Waals surface area contributed by atoms with Gasteiger partial charge in [-0.2, -0.15) is 0 Å². The van der Waals surface area contributed by atoms with Crippen LogP contribution in [0.3, 0.4) is 0 Å². The maximum atomic E-state index is 6.24. The Bertz CT molecular complexity index is 3160. The molecule has 0 radical (unpaired) electrons. The molecule has 7 aromatic carbocycles. The number of hydrogen-bond donors (Lipinski definition) is 0. The van der Waals surface area contributed by atoms with Crippen LogP contribution in [0.5, 0.6) is 0 Å². The normalized spacial score (nSPS) is 11.8. The van der Waals surface area contributed by atoms with Crippen molar-refractivity contribution in [1.29, 1.82) is 0 Å². The maximum Gasteiger partial charge on any atom is 0.164 e. The average Bonchev–Trinajstić information content (AvgIpc) is 3.76. The first-order valence-electron chi connectivity index (χ1n) is 17.3. The molecule has 0 aliphatic heterocycles. The average molecular weight is 666 g/mol. The third-order valence-electron chi connectivity index (χ3n) is 10.1. The van der Waals surface area contributed by atoms with Gasteiger partial charge in [-0.05, 0) is 64.0 Å². The van der Waals surface area contributed by atoms with E-state index in [-0.39, 0.29) is 0 Å². The van der Waals surface area contributed by atoms with Crippen molar-refractivity contribution in [3.8, 4) is 39.9 Å². The third-order valence-corrected chi connectivity index (χ3v) is 10.1. The van der Waals surface area contributed by atoms with Crippen LogP contribution in [0, 0.1) is 0 Å². The molecular formula is C46H27N5O. The third kappa shape index (κ3) is 4.31. The van der Waals surface area contributed by atoms with Gasteiger partial charge in [0, 0.05) is 50.1 Å². The van der Waals surface area contributed by atoms with Gasteiger partial charge in [0.25, 0.3) is 0 Å². The topological polar surface area (TPSA) is 69.6 Å². The molecule has 6 heteroatoms. The second-order valence-corrected chi connectivity index (χ2v) is 13.1. The molecule has 4 aromatic heterocycles. The van der Waals surface area contributed by atoms with E-state index in [2.05, 4.69) is 143 Å². The minimum absolute atomic E-state index is 0.574. The molecule has 0 aliphatic carbocycles. The Labute approximate surface area is 297 Å². The van der Waals surface area contributed by atoms with Gasteiger partial charge < -0.3 is 8.98 Å². The summed E-state index contributed by atoms with van der Waals surface area (Å²) in [5.74, 6) is 1.77. The quantitative estimate of drug-likeness (QED) is 0.175. The second-order valence-electron chi connectivity index (χ2n) is 13.1. The Morgan fingerprint density at radius 3 is 1.90 bits per heavy atom. The molecule has 242 valence electrons. The molecule has 0 saturated carbocycles. The highest BCUT2D eigenvalue weighted by Gasteiger charge is 2.20. The monoisotopic (exact) mass is 665 g/mol. The van der Waals surface area contributed by atoms with E-state index in [1.807, 2.05) is 18.2 Å². The summed E-state index contributed by atoms with van der Waals surface area (Å²) in [5.41, 5.74) is 7.52. The number of rotatable bonds is 4. The first kappa shape index (κ1) is 28.6. The fourth-order valence-corrected chi connectivity index (χ4v) is 7.84. The van der Waals surface area contributed by atoms with Gasteiger partial charge in [0.15, 0.2) is 23.1 Å². The van der Waals surface area contributed by atoms with E-state index in [0.717, 1.165) is 71.5 Å². The Morgan fingerprint density at radius 1 is 0.442 bits per heavy atom. The summed E-state index contributed by atoms with van der Waals surface area (Å²) in [6.07, 6.45) is 3.55. The maximum absolute atomic E-state index is 6.24. The summed E-state index contributed by atoms with van der Waals surface area (Å²) in [4.78, 5) is 20.1. The van der Waals surface area contributed by atoms with Gasteiger partial charge in [-0.3, -0.25) is 4.98 Å². The zero-order valence-corrected chi connectivity index (χ0v) is 27.7. The van der Waals surface area contributed by atoms with E-state index in [1.165, 1.54) is 16.2 Å². The van der Waals surface area contributed by atoms with E-state index in [0.29, 0.717) is 17.5 Å². The molecule has 0 bridgehead atoms. The van der Waals surface area contributed by atoms with Crippen LogP contribution in [0.2, 0.25) is 0 Å². The molecule has 0 spiro atoms. The van der Waals surface area contributed by atoms with Crippen LogP contribution >= 0.6 is 0 Å². The van der Waals surface area contributed by atoms with Crippen molar-refractivity contribution in [2.75, 3.05) is 0 Å². The highest BCUT2D eigenvalue weighted by atomic mass is 16.3. The van der Waals surface area contributed by atoms with E-state index >= 15 is 0 Å². The first-order chi connectivity index (χ1) is 25.8. The number of para-hydroxylation sites is 2. The van der Waals surface area contributed by atoms with Gasteiger partial charge >= 0.3 is 0 Å². The first-order valence-corrected chi connectivity index (χ1v) is 17.3. The Kier molecular flexibility index (Phi) is 6.15. The van der Waals surface area contributed by atoms with Gasteiger partial charge in [-0.15, -0.1) is 0 Å². The molecule has 0 atom stereocenters. The zero-order valence-electron chi connectivity index (χ0n) is 27.7. The fourth-order valence-electron chi connectivity index (χ4n) is 7.84. The number of furan rings is 1. The molecule has 0 saturated heterocycles. The van der Waals surface area contributed by atoms with Crippen molar-refractivity contribution in [1.82, 2.24) is 24.5 Å². The van der Waals surface area contributed by atoms with Crippen LogP contribution in [0.25, 0.3) is 105 Å². The smallest absolute Gasteiger partial charge is 0.164 e. The molecule has 4 heterocycles. The van der Waals surface area contributed by atoms with E-state index in [4.69, 9.17) is 19.4 Å². The molecule has 11 rings (SSSR count). The molecule has 0 aliphatic rings. The summed E-state index contributed by atoms with van der Waals surface area (Å²) in [6, 6.07) is 52.8. The molecular weight excluding hydrogens is 639 g/mol. The molecule has 0 fully saturated rings. The second kappa shape index (κ2) is 11.2. The molecule has 0 amide bonds. The van der Waals surface area contributed by atoms with Crippen LogP contribution < -0.4 is 0 Å². The molecule has 11 aromatic rings. The molecule has 0 unspecified atom stereocenters. The van der Waals surface area contributed by atoms with Crippen molar-refractivity contribution in [2.45, 2.75) is 0 Å². The van der Waals surface area contributed by atoms with Crippen molar-refractivity contribution in [2.24, 2.45) is 0 Å². The van der Waals surface area contributed by atoms with E-state index in [9.17, 15) is 0 Å². The molecule has 6 nitrogen and oxygen atoms in total. The number of nitrogens with zero attached hydrogens (tertiary/aromatic N) is 5. The van der Waals surface area contributed by atoms with Crippen molar-refractivity contribution >= 4 is 65.3 Å². The van der Waals surface area contributed by atoms with E-state index in [1.54, 1.807) is 12.4 Å². The predicted molar refractivity (Wildman–Crippen MR) is 211 cm³/mol. The Hall–Kier alpha value is -7.18. The van der Waals surface area contributed by atoms with Crippen molar-refractivity contribution < 1.29 is 4.42 Å². The van der Waals surface area contributed by atoms with Gasteiger partial charge in [-0.1, -0.05) is 109 Å². The summed E-state index contributed by atoms with van der Waals surface area (Å²) in [5, 5.41) is 8.91.